The Balaban J connectivity index is 2.84. The Bertz CT molecular complexity index is 720. The van der Waals surface area contributed by atoms with Gasteiger partial charge in [-0.2, -0.15) is 0 Å². The number of hydrogen-bond donors (Lipinski definition) is 0. The molecule has 0 unspecified atom stereocenters. The van der Waals surface area contributed by atoms with E-state index in [2.05, 4.69) is 0 Å². The Labute approximate surface area is 193 Å². The van der Waals surface area contributed by atoms with E-state index < -0.39 is 7.27 Å². The van der Waals surface area contributed by atoms with Crippen LogP contribution in [-0.2, 0) is 0 Å². The van der Waals surface area contributed by atoms with E-state index in [1.165, 1.54) is 0 Å². The molecule has 0 aromatic heterocycles. The van der Waals surface area contributed by atoms with E-state index >= 15 is 0 Å². The third-order valence-electron chi connectivity index (χ3n) is 2.77. The summed E-state index contributed by atoms with van der Waals surface area (Å²) >= 11 is 67.7. The largest absolute Gasteiger partial charge is 0.0856 e. The summed E-state index contributed by atoms with van der Waals surface area (Å²) in [4.78, 5) is 0. The first-order chi connectivity index (χ1) is 11.0. The van der Waals surface area contributed by atoms with E-state index in [4.69, 9.17) is 127 Å². The highest BCUT2D eigenvalue weighted by Crippen LogP contribution is 2.54. The molecule has 12 heteroatoms. The topological polar surface area (TPSA) is 0 Å². The van der Waals surface area contributed by atoms with Gasteiger partial charge in [0.25, 0.3) is 0 Å². The summed E-state index contributed by atoms with van der Waals surface area (Å²) in [6, 6.07) is 0. The summed E-state index contributed by atoms with van der Waals surface area (Å²) in [6.07, 6.45) is 0. The Morgan fingerprint density at radius 2 is 0.500 bits per heavy atom. The molecule has 0 amide bonds. The molecule has 0 radical (unpaired) electrons. The van der Waals surface area contributed by atoms with Crippen LogP contribution in [0.25, 0.3) is 0 Å². The normalized spacial score (nSPS) is 11.5. The van der Waals surface area contributed by atoms with Crippen molar-refractivity contribution in [3.05, 3.63) is 50.2 Å². The number of benzene rings is 2. The summed E-state index contributed by atoms with van der Waals surface area (Å²) in [5.74, 6) is 0. The molecule has 24 heavy (non-hydrogen) atoms. The van der Waals surface area contributed by atoms with E-state index in [0.717, 1.165) is 0 Å². The van der Waals surface area contributed by atoms with Gasteiger partial charge in [0, 0.05) is 10.6 Å². The SMILES string of the molecule is Clc1c(Cl)c(Cl)c(P(Cl)c2c(Cl)c(Cl)c(Cl)c(Cl)c2Cl)c(Cl)c1Cl. The first-order valence-corrected chi connectivity index (χ1v) is 11.5. The quantitative estimate of drug-likeness (QED) is 0.193. The molecular weight excluding hydrogens is 565 g/mol. The molecule has 0 aliphatic rings. The lowest BCUT2D eigenvalue weighted by atomic mass is 10.3. The third-order valence-corrected chi connectivity index (χ3v) is 10.5. The molecule has 0 saturated heterocycles. The van der Waals surface area contributed by atoms with Crippen LogP contribution in [-0.4, -0.2) is 0 Å². The van der Waals surface area contributed by atoms with E-state index in [1.54, 1.807) is 0 Å². The van der Waals surface area contributed by atoms with Crippen LogP contribution >= 0.6 is 135 Å². The second-order valence-electron chi connectivity index (χ2n) is 4.12. The molecule has 0 N–H and O–H groups in total. The highest BCUT2D eigenvalue weighted by Gasteiger charge is 2.31. The van der Waals surface area contributed by atoms with Crippen molar-refractivity contribution < 1.29 is 0 Å². The molecular formula is C12Cl11P. The van der Waals surface area contributed by atoms with Gasteiger partial charge in [-0.15, -0.1) is 0 Å². The van der Waals surface area contributed by atoms with Gasteiger partial charge in [-0.25, -0.2) is 0 Å². The molecule has 2 aromatic carbocycles. The molecule has 0 saturated carbocycles. The summed E-state index contributed by atoms with van der Waals surface area (Å²) in [5, 5.41) is 0.492. The Morgan fingerprint density at radius 1 is 0.333 bits per heavy atom. The first kappa shape index (κ1) is 22.4. The maximum absolute atomic E-state index is 6.55. The summed E-state index contributed by atoms with van der Waals surface area (Å²) in [7, 11) is -1.85. The van der Waals surface area contributed by atoms with Gasteiger partial charge in [-0.1, -0.05) is 127 Å². The zero-order valence-electron chi connectivity index (χ0n) is 10.6. The molecule has 0 spiro atoms. The minimum Gasteiger partial charge on any atom is -0.0856 e. The Hall–Kier alpha value is 2.06. The fourth-order valence-electron chi connectivity index (χ4n) is 1.64. The van der Waals surface area contributed by atoms with Crippen LogP contribution < -0.4 is 10.6 Å². The lowest BCUT2D eigenvalue weighted by Crippen LogP contribution is -2.15. The van der Waals surface area contributed by atoms with E-state index in [-0.39, 0.29) is 60.8 Å². The molecule has 0 fully saturated rings. The monoisotopic (exact) mass is 560 g/mol. The maximum atomic E-state index is 6.55. The second-order valence-corrected chi connectivity index (χ2v) is 10.4. The van der Waals surface area contributed by atoms with Crippen LogP contribution in [0.3, 0.4) is 0 Å². The van der Waals surface area contributed by atoms with Crippen molar-refractivity contribution in [2.24, 2.45) is 0 Å². The fourth-order valence-corrected chi connectivity index (χ4v) is 8.09. The van der Waals surface area contributed by atoms with Gasteiger partial charge < -0.3 is 0 Å². The van der Waals surface area contributed by atoms with Crippen LogP contribution in [0.4, 0.5) is 0 Å². The third kappa shape index (κ3) is 3.80. The van der Waals surface area contributed by atoms with Crippen molar-refractivity contribution >= 4 is 145 Å². The van der Waals surface area contributed by atoms with Gasteiger partial charge in [0.15, 0.2) is 0 Å². The lowest BCUT2D eigenvalue weighted by molar-refractivity contribution is 1.73. The van der Waals surface area contributed by atoms with Crippen LogP contribution in [0.2, 0.25) is 50.2 Å². The minimum atomic E-state index is -1.85. The van der Waals surface area contributed by atoms with Gasteiger partial charge in [-0.05, 0) is 0 Å². The van der Waals surface area contributed by atoms with Gasteiger partial charge in [0.2, 0.25) is 0 Å². The predicted molar refractivity (Wildman–Crippen MR) is 115 cm³/mol. The molecule has 2 rings (SSSR count). The summed E-state index contributed by atoms with van der Waals surface area (Å²) in [5.41, 5.74) is 0. The Kier molecular flexibility index (Phi) is 8.01. The highest BCUT2D eigenvalue weighted by atomic mass is 35.7. The average molecular weight is 565 g/mol. The van der Waals surface area contributed by atoms with Crippen molar-refractivity contribution in [2.75, 3.05) is 0 Å². The predicted octanol–water partition coefficient (Wildman–Crippen LogP) is 9.81. The van der Waals surface area contributed by atoms with Gasteiger partial charge in [0.1, 0.15) is 0 Å². The van der Waals surface area contributed by atoms with E-state index in [9.17, 15) is 0 Å². The van der Waals surface area contributed by atoms with Crippen molar-refractivity contribution in [3.63, 3.8) is 0 Å². The fraction of sp³-hybridized carbons (Fsp3) is 0. The van der Waals surface area contributed by atoms with Crippen LogP contribution in [0.15, 0.2) is 0 Å². The summed E-state index contributed by atoms with van der Waals surface area (Å²) in [6.45, 7) is 0. The lowest BCUT2D eigenvalue weighted by Gasteiger charge is -2.20. The zero-order chi connectivity index (χ0) is 18.5. The number of halogens is 11. The smallest absolute Gasteiger partial charge is 0.0809 e. The Morgan fingerprint density at radius 3 is 0.708 bits per heavy atom. The van der Waals surface area contributed by atoms with Crippen LogP contribution in [0, 0.1) is 0 Å². The van der Waals surface area contributed by atoms with Crippen molar-refractivity contribution in [1.29, 1.82) is 0 Å². The van der Waals surface area contributed by atoms with Crippen LogP contribution in [0.1, 0.15) is 0 Å². The van der Waals surface area contributed by atoms with Gasteiger partial charge in [0.05, 0.1) is 57.5 Å². The van der Waals surface area contributed by atoms with E-state index in [0.29, 0.717) is 0 Å². The highest BCUT2D eigenvalue weighted by molar-refractivity contribution is 7.96. The van der Waals surface area contributed by atoms with E-state index in [1.807, 2.05) is 0 Å². The molecule has 0 nitrogen and oxygen atoms in total. The molecule has 0 heterocycles. The van der Waals surface area contributed by atoms with Crippen LogP contribution in [0.5, 0.6) is 0 Å². The van der Waals surface area contributed by atoms with Gasteiger partial charge >= 0.3 is 0 Å². The molecule has 0 aliphatic heterocycles. The van der Waals surface area contributed by atoms with Crippen molar-refractivity contribution in [2.45, 2.75) is 0 Å². The molecule has 0 bridgehead atoms. The zero-order valence-corrected chi connectivity index (χ0v) is 19.8. The number of rotatable bonds is 2. The van der Waals surface area contributed by atoms with Gasteiger partial charge in [-0.3, -0.25) is 0 Å². The van der Waals surface area contributed by atoms with Crippen molar-refractivity contribution in [3.8, 4) is 0 Å². The molecule has 130 valence electrons. The number of hydrogen-bond acceptors (Lipinski definition) is 0. The maximum Gasteiger partial charge on any atom is 0.0809 e. The average Bonchev–Trinajstić information content (AvgIpc) is 2.55. The first-order valence-electron chi connectivity index (χ1n) is 5.51. The second kappa shape index (κ2) is 8.60. The molecule has 0 aliphatic carbocycles. The molecule has 0 atom stereocenters. The molecule has 2 aromatic rings. The van der Waals surface area contributed by atoms with Crippen molar-refractivity contribution in [1.82, 2.24) is 0 Å². The standard InChI is InChI=1S/C12Cl11P/c13-1-3(15)7(19)11(8(20)4(1)16)24(23)12-9(21)5(17)2(14)6(18)10(12)22. The summed E-state index contributed by atoms with van der Waals surface area (Å²) < 4.78 is 0. The minimum absolute atomic E-state index is 0.00140.